The van der Waals surface area contributed by atoms with Crippen molar-refractivity contribution < 1.29 is 0 Å². The average Bonchev–Trinajstić information content (AvgIpc) is 2.13. The molecule has 0 aromatic carbocycles. The lowest BCUT2D eigenvalue weighted by atomic mass is 10.9. The molecule has 2 nitrogen and oxygen atoms in total. The van der Waals surface area contributed by atoms with Crippen LogP contribution in [0.25, 0.3) is 0 Å². The Morgan fingerprint density at radius 1 is 1.40 bits per heavy atom. The molecule has 1 aliphatic heterocycles. The highest BCUT2D eigenvalue weighted by molar-refractivity contribution is 7.55. The van der Waals surface area contributed by atoms with Gasteiger partial charge in [-0.25, -0.2) is 0 Å². The standard InChI is InChI=1S/C7H13N2P/c1-8-4-5-9(6-8)7-10(2)3/h4-5H,7H2,1-3H3. The summed E-state index contributed by atoms with van der Waals surface area (Å²) >= 11 is 0. The van der Waals surface area contributed by atoms with E-state index in [1.807, 2.05) is 18.1 Å². The minimum Gasteiger partial charge on any atom is -0.349 e. The van der Waals surface area contributed by atoms with Gasteiger partial charge in [0.25, 0.3) is 0 Å². The molecule has 1 aliphatic rings. The fourth-order valence-electron chi connectivity index (χ4n) is 0.833. The van der Waals surface area contributed by atoms with E-state index in [1.54, 1.807) is 0 Å². The fourth-order valence-corrected chi connectivity index (χ4v) is 1.60. The van der Waals surface area contributed by atoms with E-state index in [9.17, 15) is 0 Å². The average molecular weight is 156 g/mol. The van der Waals surface area contributed by atoms with Crippen LogP contribution in [0.1, 0.15) is 0 Å². The van der Waals surface area contributed by atoms with Crippen molar-refractivity contribution in [1.82, 2.24) is 9.80 Å². The molecule has 0 aromatic heterocycles. The van der Waals surface area contributed by atoms with E-state index in [-0.39, 0.29) is 7.92 Å². The van der Waals surface area contributed by atoms with Crippen molar-refractivity contribution in [1.29, 1.82) is 0 Å². The van der Waals surface area contributed by atoms with Crippen molar-refractivity contribution in [3.8, 4) is 0 Å². The summed E-state index contributed by atoms with van der Waals surface area (Å²) in [6.45, 7) is 7.69. The summed E-state index contributed by atoms with van der Waals surface area (Å²) in [5.41, 5.74) is 0. The van der Waals surface area contributed by atoms with E-state index in [0.29, 0.717) is 0 Å². The number of hydrogen-bond acceptors (Lipinski definition) is 2. The van der Waals surface area contributed by atoms with Crippen molar-refractivity contribution in [2.45, 2.75) is 0 Å². The SMILES string of the molecule is CN1[C]N(CP(C)C)C=C1. The van der Waals surface area contributed by atoms with Crippen LogP contribution in [0, 0.1) is 6.67 Å². The Balaban J connectivity index is 2.26. The zero-order valence-electron chi connectivity index (χ0n) is 6.70. The molecule has 0 aliphatic carbocycles. The first kappa shape index (κ1) is 7.87. The summed E-state index contributed by atoms with van der Waals surface area (Å²) in [6.07, 6.45) is 5.19. The fraction of sp³-hybridized carbons (Fsp3) is 0.571. The van der Waals surface area contributed by atoms with Crippen LogP contribution in [0.5, 0.6) is 0 Å². The van der Waals surface area contributed by atoms with E-state index >= 15 is 0 Å². The molecule has 3 heteroatoms. The van der Waals surface area contributed by atoms with Crippen LogP contribution in [0.3, 0.4) is 0 Å². The van der Waals surface area contributed by atoms with E-state index < -0.39 is 0 Å². The summed E-state index contributed by atoms with van der Waals surface area (Å²) in [5.74, 6) is 0. The second kappa shape index (κ2) is 3.25. The predicted molar refractivity (Wildman–Crippen MR) is 45.6 cm³/mol. The number of nitrogens with zero attached hydrogens (tertiary/aromatic N) is 2. The van der Waals surface area contributed by atoms with Gasteiger partial charge in [-0.1, -0.05) is 7.92 Å². The van der Waals surface area contributed by atoms with Crippen LogP contribution < -0.4 is 0 Å². The zero-order valence-corrected chi connectivity index (χ0v) is 7.60. The molecule has 10 heavy (non-hydrogen) atoms. The van der Waals surface area contributed by atoms with Crippen molar-refractivity contribution >= 4 is 7.92 Å². The monoisotopic (exact) mass is 156 g/mol. The van der Waals surface area contributed by atoms with Gasteiger partial charge in [-0.2, -0.15) is 0 Å². The molecular formula is C7H13N2P. The molecule has 0 amide bonds. The molecule has 0 atom stereocenters. The molecule has 0 unspecified atom stereocenters. The van der Waals surface area contributed by atoms with Gasteiger partial charge in [-0.15, -0.1) is 0 Å². The minimum atomic E-state index is 0.155. The molecule has 56 valence electrons. The first-order chi connectivity index (χ1) is 4.68. The molecule has 0 N–H and O–H groups in total. The van der Waals surface area contributed by atoms with Gasteiger partial charge in [0.15, 0.2) is 0 Å². The van der Waals surface area contributed by atoms with Gasteiger partial charge in [0, 0.05) is 25.7 Å². The van der Waals surface area contributed by atoms with Gasteiger partial charge < -0.3 is 9.80 Å². The highest BCUT2D eigenvalue weighted by atomic mass is 31.1. The van der Waals surface area contributed by atoms with Gasteiger partial charge in [0.05, 0.1) is 0 Å². The van der Waals surface area contributed by atoms with Crippen LogP contribution in [0.15, 0.2) is 12.4 Å². The lowest BCUT2D eigenvalue weighted by molar-refractivity contribution is 0.421. The molecular weight excluding hydrogens is 143 g/mol. The molecule has 1 rings (SSSR count). The number of hydrogen-bond donors (Lipinski definition) is 0. The number of rotatable bonds is 2. The lowest BCUT2D eigenvalue weighted by Crippen LogP contribution is -2.16. The summed E-state index contributed by atoms with van der Waals surface area (Å²) in [5, 5.41) is 0. The Bertz CT molecular complexity index is 134. The molecule has 0 aromatic rings. The van der Waals surface area contributed by atoms with Crippen LogP contribution in [-0.4, -0.2) is 36.5 Å². The van der Waals surface area contributed by atoms with Gasteiger partial charge >= 0.3 is 0 Å². The van der Waals surface area contributed by atoms with E-state index in [4.69, 9.17) is 0 Å². The highest BCUT2D eigenvalue weighted by Crippen LogP contribution is 2.27. The summed E-state index contributed by atoms with van der Waals surface area (Å²) in [7, 11) is 2.15. The molecule has 0 saturated carbocycles. The van der Waals surface area contributed by atoms with Crippen LogP contribution >= 0.6 is 7.92 Å². The van der Waals surface area contributed by atoms with Gasteiger partial charge in [-0.05, 0) is 13.3 Å². The molecule has 0 bridgehead atoms. The maximum atomic E-state index is 3.16. The first-order valence-corrected chi connectivity index (χ1v) is 5.69. The van der Waals surface area contributed by atoms with Gasteiger partial charge in [0.1, 0.15) is 0 Å². The molecule has 0 saturated heterocycles. The van der Waals surface area contributed by atoms with E-state index in [2.05, 4.69) is 31.1 Å². The topological polar surface area (TPSA) is 6.48 Å². The predicted octanol–water partition coefficient (Wildman–Crippen LogP) is 1.40. The highest BCUT2D eigenvalue weighted by Gasteiger charge is 2.10. The Hall–Kier alpha value is -0.230. The largest absolute Gasteiger partial charge is 0.349 e. The Labute approximate surface area is 64.3 Å². The Morgan fingerprint density at radius 2 is 2.10 bits per heavy atom. The lowest BCUT2D eigenvalue weighted by Gasteiger charge is -2.17. The van der Waals surface area contributed by atoms with Crippen LogP contribution in [0.2, 0.25) is 0 Å². The van der Waals surface area contributed by atoms with Crippen molar-refractivity contribution in [3.63, 3.8) is 0 Å². The molecule has 0 fully saturated rings. The van der Waals surface area contributed by atoms with E-state index in [0.717, 1.165) is 6.29 Å². The maximum Gasteiger partial charge on any atom is 0.207 e. The van der Waals surface area contributed by atoms with Gasteiger partial charge in [-0.3, -0.25) is 0 Å². The molecule has 0 spiro atoms. The minimum absolute atomic E-state index is 0.155. The second-order valence-electron chi connectivity index (χ2n) is 2.70. The van der Waals surface area contributed by atoms with Crippen LogP contribution in [-0.2, 0) is 0 Å². The summed E-state index contributed by atoms with van der Waals surface area (Å²) < 4.78 is 0. The maximum absolute atomic E-state index is 3.16. The molecule has 1 heterocycles. The third-order valence-corrected chi connectivity index (χ3v) is 2.06. The van der Waals surface area contributed by atoms with Gasteiger partial charge in [0.2, 0.25) is 6.67 Å². The van der Waals surface area contributed by atoms with Crippen molar-refractivity contribution in [2.75, 3.05) is 26.7 Å². The van der Waals surface area contributed by atoms with E-state index in [1.165, 1.54) is 0 Å². The summed E-state index contributed by atoms with van der Waals surface area (Å²) in [4.78, 5) is 4.05. The smallest absolute Gasteiger partial charge is 0.207 e. The van der Waals surface area contributed by atoms with Crippen molar-refractivity contribution in [3.05, 3.63) is 19.1 Å². The quantitative estimate of drug-likeness (QED) is 0.557. The normalized spacial score (nSPS) is 17.6. The first-order valence-electron chi connectivity index (χ1n) is 3.27. The Morgan fingerprint density at radius 3 is 2.50 bits per heavy atom. The van der Waals surface area contributed by atoms with Crippen molar-refractivity contribution in [2.24, 2.45) is 0 Å². The third kappa shape index (κ3) is 2.18. The second-order valence-corrected chi connectivity index (χ2v) is 5.14. The third-order valence-electron chi connectivity index (χ3n) is 1.19. The zero-order chi connectivity index (χ0) is 7.56. The Kier molecular flexibility index (Phi) is 2.56. The summed E-state index contributed by atoms with van der Waals surface area (Å²) in [6, 6.07) is 0. The molecule has 2 radical (unpaired) electrons. The van der Waals surface area contributed by atoms with Crippen LogP contribution in [0.4, 0.5) is 0 Å².